The molecule has 0 unspecified atom stereocenters. The summed E-state index contributed by atoms with van der Waals surface area (Å²) in [5.74, 6) is 0. The second kappa shape index (κ2) is 14.3. The predicted molar refractivity (Wildman–Crippen MR) is 271 cm³/mol. The van der Waals surface area contributed by atoms with Crippen LogP contribution in [0.2, 0.25) is 0 Å². The first-order valence-electron chi connectivity index (χ1n) is 22.8. The highest BCUT2D eigenvalue weighted by Crippen LogP contribution is 2.63. The lowest BCUT2D eigenvalue weighted by atomic mass is 9.70. The van der Waals surface area contributed by atoms with Crippen molar-refractivity contribution in [1.29, 1.82) is 0 Å². The molecule has 3 aliphatic carbocycles. The third-order valence-corrected chi connectivity index (χ3v) is 14.7. The summed E-state index contributed by atoms with van der Waals surface area (Å²) in [7, 11) is 0. The van der Waals surface area contributed by atoms with Gasteiger partial charge in [-0.3, -0.25) is 0 Å². The summed E-state index contributed by atoms with van der Waals surface area (Å²) in [6, 6.07) is 88.2. The molecule has 0 bridgehead atoms. The largest absolute Gasteiger partial charge is 0.310 e. The van der Waals surface area contributed by atoms with E-state index in [9.17, 15) is 0 Å². The number of nitrogens with zero attached hydrogens (tertiary/aromatic N) is 1. The van der Waals surface area contributed by atoms with Crippen LogP contribution < -0.4 is 4.90 Å². The molecule has 0 amide bonds. The molecular formula is C64H45N. The minimum Gasteiger partial charge on any atom is -0.310 e. The summed E-state index contributed by atoms with van der Waals surface area (Å²) in [6.45, 7) is 4.80. The summed E-state index contributed by atoms with van der Waals surface area (Å²) < 4.78 is 0. The van der Waals surface area contributed by atoms with Gasteiger partial charge in [0, 0.05) is 22.5 Å². The van der Waals surface area contributed by atoms with E-state index in [-0.39, 0.29) is 5.41 Å². The molecule has 0 saturated carbocycles. The molecule has 0 fully saturated rings. The smallest absolute Gasteiger partial charge is 0.0726 e. The maximum Gasteiger partial charge on any atom is 0.0726 e. The highest BCUT2D eigenvalue weighted by molar-refractivity contribution is 5.97. The molecule has 0 radical (unpaired) electrons. The lowest BCUT2D eigenvalue weighted by molar-refractivity contribution is 0.660. The second-order valence-electron chi connectivity index (χ2n) is 18.4. The Balaban J connectivity index is 0.971. The van der Waals surface area contributed by atoms with Crippen LogP contribution in [0.1, 0.15) is 47.2 Å². The Bertz CT molecular complexity index is 3440. The fraction of sp³-hybridized carbons (Fsp3) is 0.0625. The lowest BCUT2D eigenvalue weighted by Crippen LogP contribution is -2.26. The molecule has 0 N–H and O–H groups in total. The Morgan fingerprint density at radius 1 is 0.246 bits per heavy atom. The zero-order valence-corrected chi connectivity index (χ0v) is 36.5. The average Bonchev–Trinajstić information content (AvgIpc) is 3.92. The van der Waals surface area contributed by atoms with Gasteiger partial charge in [0.15, 0.2) is 0 Å². The summed E-state index contributed by atoms with van der Waals surface area (Å²) in [5, 5.41) is 0. The molecule has 3 aliphatic rings. The van der Waals surface area contributed by atoms with Gasteiger partial charge >= 0.3 is 0 Å². The molecule has 10 aromatic rings. The standard InChI is InChI=1S/C64H45N/c1-63(2)60-39-47(45-30-28-44(29-31-45)42-16-5-3-6-17-42)32-35-54(60)55-36-33-49(40-61(55)63)65(48-21-15-20-46(38-48)43-18-7-4-8-19-43)50-34-37-56-53-24-11-14-27-59(53)64(62(56)41-50)57-25-12-9-22-51(57)52-23-10-13-26-58(52)64/h3-41H,1-2H3. The first-order valence-corrected chi connectivity index (χ1v) is 22.8. The Morgan fingerprint density at radius 3 is 1.17 bits per heavy atom. The number of anilines is 3. The van der Waals surface area contributed by atoms with E-state index < -0.39 is 5.41 Å². The van der Waals surface area contributed by atoms with E-state index >= 15 is 0 Å². The number of fused-ring (bicyclic) bond motifs is 13. The Labute approximate surface area is 381 Å². The zero-order valence-electron chi connectivity index (χ0n) is 36.5. The fourth-order valence-electron chi connectivity index (χ4n) is 11.7. The molecule has 1 heteroatoms. The Hall–Kier alpha value is -8.00. The monoisotopic (exact) mass is 827 g/mol. The highest BCUT2D eigenvalue weighted by atomic mass is 15.1. The van der Waals surface area contributed by atoms with Gasteiger partial charge in [-0.1, -0.05) is 208 Å². The van der Waals surface area contributed by atoms with E-state index in [4.69, 9.17) is 0 Å². The van der Waals surface area contributed by atoms with Crippen LogP contribution in [0.25, 0.3) is 66.8 Å². The van der Waals surface area contributed by atoms with Gasteiger partial charge in [-0.2, -0.15) is 0 Å². The molecule has 13 rings (SSSR count). The van der Waals surface area contributed by atoms with E-state index in [1.165, 1.54) is 100 Å². The summed E-state index contributed by atoms with van der Waals surface area (Å²) in [5.41, 5.74) is 26.0. The Morgan fingerprint density at radius 2 is 0.600 bits per heavy atom. The molecule has 10 aromatic carbocycles. The molecule has 306 valence electrons. The molecule has 0 atom stereocenters. The maximum absolute atomic E-state index is 2.51. The first-order chi connectivity index (χ1) is 32.0. The van der Waals surface area contributed by atoms with E-state index in [0.29, 0.717) is 0 Å². The van der Waals surface area contributed by atoms with E-state index in [0.717, 1.165) is 17.1 Å². The van der Waals surface area contributed by atoms with Gasteiger partial charge in [0.2, 0.25) is 0 Å². The van der Waals surface area contributed by atoms with Gasteiger partial charge in [0.25, 0.3) is 0 Å². The third kappa shape index (κ3) is 5.52. The minimum absolute atomic E-state index is 0.223. The van der Waals surface area contributed by atoms with Gasteiger partial charge in [-0.25, -0.2) is 0 Å². The minimum atomic E-state index is -0.437. The molecule has 1 nitrogen and oxygen atoms in total. The zero-order chi connectivity index (χ0) is 43.3. The maximum atomic E-state index is 2.51. The van der Waals surface area contributed by atoms with E-state index in [1.54, 1.807) is 0 Å². The van der Waals surface area contributed by atoms with Gasteiger partial charge < -0.3 is 4.90 Å². The first kappa shape index (κ1) is 37.5. The molecule has 0 saturated heterocycles. The van der Waals surface area contributed by atoms with Crippen LogP contribution in [0.4, 0.5) is 17.1 Å². The third-order valence-electron chi connectivity index (χ3n) is 14.7. The van der Waals surface area contributed by atoms with Gasteiger partial charge in [0.1, 0.15) is 0 Å². The molecule has 0 heterocycles. The summed E-state index contributed by atoms with van der Waals surface area (Å²) in [4.78, 5) is 2.50. The van der Waals surface area contributed by atoms with Crippen LogP contribution >= 0.6 is 0 Å². The number of hydrogen-bond donors (Lipinski definition) is 0. The van der Waals surface area contributed by atoms with E-state index in [1.807, 2.05) is 0 Å². The summed E-state index contributed by atoms with van der Waals surface area (Å²) >= 11 is 0. The predicted octanol–water partition coefficient (Wildman–Crippen LogP) is 16.8. The van der Waals surface area contributed by atoms with Crippen molar-refractivity contribution in [2.24, 2.45) is 0 Å². The topological polar surface area (TPSA) is 3.24 Å². The van der Waals surface area contributed by atoms with Crippen molar-refractivity contribution in [2.75, 3.05) is 4.90 Å². The number of rotatable bonds is 6. The highest BCUT2D eigenvalue weighted by Gasteiger charge is 2.51. The number of benzene rings is 10. The van der Waals surface area contributed by atoms with Crippen LogP contribution in [-0.4, -0.2) is 0 Å². The van der Waals surface area contributed by atoms with Crippen LogP contribution in [-0.2, 0) is 10.8 Å². The van der Waals surface area contributed by atoms with Crippen molar-refractivity contribution >= 4 is 17.1 Å². The van der Waals surface area contributed by atoms with Gasteiger partial charge in [-0.05, 0) is 143 Å². The van der Waals surface area contributed by atoms with Crippen molar-refractivity contribution < 1.29 is 0 Å². The molecular weight excluding hydrogens is 783 g/mol. The molecule has 0 aromatic heterocycles. The normalized spacial score (nSPS) is 13.9. The number of hydrogen-bond acceptors (Lipinski definition) is 1. The SMILES string of the molecule is CC1(C)c2cc(-c3ccc(-c4ccccc4)cc3)ccc2-c2ccc(N(c3cccc(-c4ccccc4)c3)c3ccc4c(c3)C3(c5ccccc5-c5ccccc53)c3ccccc3-4)cc21. The quantitative estimate of drug-likeness (QED) is 0.161. The van der Waals surface area contributed by atoms with Crippen molar-refractivity contribution in [1.82, 2.24) is 0 Å². The van der Waals surface area contributed by atoms with Gasteiger partial charge in [0.05, 0.1) is 5.41 Å². The second-order valence-corrected chi connectivity index (χ2v) is 18.4. The van der Waals surface area contributed by atoms with Crippen molar-refractivity contribution in [3.63, 3.8) is 0 Å². The average molecular weight is 828 g/mol. The molecule has 1 spiro atoms. The van der Waals surface area contributed by atoms with Crippen LogP contribution in [0.15, 0.2) is 237 Å². The van der Waals surface area contributed by atoms with Crippen molar-refractivity contribution in [2.45, 2.75) is 24.7 Å². The summed E-state index contributed by atoms with van der Waals surface area (Å²) in [6.07, 6.45) is 0. The van der Waals surface area contributed by atoms with Crippen LogP contribution in [0.5, 0.6) is 0 Å². The molecule has 65 heavy (non-hydrogen) atoms. The van der Waals surface area contributed by atoms with Crippen LogP contribution in [0, 0.1) is 0 Å². The lowest BCUT2D eigenvalue weighted by Gasteiger charge is -2.32. The van der Waals surface area contributed by atoms with Crippen molar-refractivity contribution in [3.05, 3.63) is 270 Å². The van der Waals surface area contributed by atoms with Gasteiger partial charge in [-0.15, -0.1) is 0 Å². The van der Waals surface area contributed by atoms with Crippen LogP contribution in [0.3, 0.4) is 0 Å². The Kier molecular flexibility index (Phi) is 8.24. The van der Waals surface area contributed by atoms with E-state index in [2.05, 4.69) is 255 Å². The fourth-order valence-corrected chi connectivity index (χ4v) is 11.7. The van der Waals surface area contributed by atoms with Crippen molar-refractivity contribution in [3.8, 4) is 66.8 Å². The molecule has 0 aliphatic heterocycles.